The number of benzene rings is 5. The molecule has 0 spiro atoms. The Morgan fingerprint density at radius 1 is 0.545 bits per heavy atom. The van der Waals surface area contributed by atoms with E-state index in [4.69, 9.17) is 14.1 Å². The van der Waals surface area contributed by atoms with E-state index in [2.05, 4.69) is 98.9 Å². The first-order chi connectivity index (χ1) is 21.8. The van der Waals surface area contributed by atoms with Crippen molar-refractivity contribution >= 4 is 71.2 Å². The van der Waals surface area contributed by atoms with Crippen LogP contribution in [-0.2, 0) is 0 Å². The molecule has 0 atom stereocenters. The molecule has 0 fully saturated rings. The first-order valence-corrected chi connectivity index (χ1v) is 14.6. The van der Waals surface area contributed by atoms with E-state index in [1.165, 1.54) is 5.39 Å². The van der Waals surface area contributed by atoms with Crippen molar-refractivity contribution < 1.29 is 9.15 Å². The van der Waals surface area contributed by atoms with E-state index in [9.17, 15) is 0 Å². The second-order valence-corrected chi connectivity index (χ2v) is 11.1. The van der Waals surface area contributed by atoms with Crippen molar-refractivity contribution in [3.8, 4) is 17.2 Å². The molecule has 6 heteroatoms. The van der Waals surface area contributed by atoms with Gasteiger partial charge in [-0.05, 0) is 53.9 Å². The van der Waals surface area contributed by atoms with Gasteiger partial charge in [0.05, 0.1) is 22.9 Å². The molecule has 0 amide bonds. The first kappa shape index (κ1) is 23.4. The number of hydrogen-bond acceptors (Lipinski definition) is 4. The molecule has 0 aliphatic rings. The van der Waals surface area contributed by atoms with E-state index < -0.39 is 0 Å². The Bertz CT molecular complexity index is 2770. The Balaban J connectivity index is 1.14. The Hall–Kier alpha value is -6.14. The number of para-hydroxylation sites is 3. The lowest BCUT2D eigenvalue weighted by molar-refractivity contribution is 0.483. The number of hydrogen-bond donors (Lipinski definition) is 0. The van der Waals surface area contributed by atoms with E-state index in [1.54, 1.807) is 0 Å². The summed E-state index contributed by atoms with van der Waals surface area (Å²) in [5.74, 6) is 1.49. The molecule has 0 saturated carbocycles. The van der Waals surface area contributed by atoms with Crippen LogP contribution in [0.15, 0.2) is 138 Å². The summed E-state index contributed by atoms with van der Waals surface area (Å²) < 4.78 is 17.0. The van der Waals surface area contributed by atoms with Gasteiger partial charge in [0, 0.05) is 50.8 Å². The third kappa shape index (κ3) is 3.19. The van der Waals surface area contributed by atoms with Crippen LogP contribution in [0.4, 0.5) is 0 Å². The van der Waals surface area contributed by atoms with Gasteiger partial charge in [0.1, 0.15) is 28.4 Å². The molecule has 5 heterocycles. The maximum absolute atomic E-state index is 6.52. The lowest BCUT2D eigenvalue weighted by Crippen LogP contribution is -1.96. The van der Waals surface area contributed by atoms with Gasteiger partial charge < -0.3 is 9.15 Å². The average molecular weight is 567 g/mol. The Morgan fingerprint density at radius 3 is 2.27 bits per heavy atom. The third-order valence-electron chi connectivity index (χ3n) is 8.66. The number of furan rings is 1. The summed E-state index contributed by atoms with van der Waals surface area (Å²) >= 11 is 0. The zero-order valence-electron chi connectivity index (χ0n) is 23.3. The molecule has 0 aliphatic carbocycles. The van der Waals surface area contributed by atoms with Gasteiger partial charge in [-0.15, -0.1) is 0 Å². The van der Waals surface area contributed by atoms with Gasteiger partial charge in [0.15, 0.2) is 5.58 Å². The molecular formula is C38H22N4O2. The minimum atomic E-state index is 0.739. The summed E-state index contributed by atoms with van der Waals surface area (Å²) in [5, 5.41) is 7.76. The SMILES string of the molecule is c1cc(Oc2ccc3c4ccccc4n4ccnc4c3c2)cc(-n2c3ccccc3c3c4c(cnc32)oc2ccccc24)c1. The van der Waals surface area contributed by atoms with Gasteiger partial charge in [0.2, 0.25) is 0 Å². The number of imidazole rings is 1. The normalized spacial score (nSPS) is 12.1. The number of rotatable bonds is 3. The monoisotopic (exact) mass is 566 g/mol. The average Bonchev–Trinajstić information content (AvgIpc) is 3.79. The van der Waals surface area contributed by atoms with Gasteiger partial charge in [-0.25, -0.2) is 9.97 Å². The first-order valence-electron chi connectivity index (χ1n) is 14.6. The second-order valence-electron chi connectivity index (χ2n) is 11.1. The second kappa shape index (κ2) is 8.69. The summed E-state index contributed by atoms with van der Waals surface area (Å²) in [6, 6.07) is 39.5. The molecule has 0 unspecified atom stereocenters. The van der Waals surface area contributed by atoms with E-state index in [0.29, 0.717) is 0 Å². The standard InChI is InChI=1S/C38H22N4O2/c1-4-13-31-27(10-1)26-17-16-25(21-30(26)37-39-18-19-41(31)37)43-24-9-7-8-23(20-24)42-32-14-5-2-11-28(32)36-35-29-12-3-6-15-33(29)44-34(35)22-40-38(36)42/h1-22H. The van der Waals surface area contributed by atoms with Crippen LogP contribution in [0.5, 0.6) is 11.5 Å². The summed E-state index contributed by atoms with van der Waals surface area (Å²) in [6.45, 7) is 0. The maximum Gasteiger partial charge on any atom is 0.154 e. The van der Waals surface area contributed by atoms with E-state index in [-0.39, 0.29) is 0 Å². The highest BCUT2D eigenvalue weighted by molar-refractivity contribution is 6.26. The quantitative estimate of drug-likeness (QED) is 0.200. The predicted octanol–water partition coefficient (Wildman–Crippen LogP) is 9.82. The molecule has 0 N–H and O–H groups in total. The number of aromatic nitrogens is 4. The number of fused-ring (bicyclic) bond motifs is 13. The molecule has 0 bridgehead atoms. The van der Waals surface area contributed by atoms with Crippen LogP contribution < -0.4 is 4.74 Å². The Labute approximate surface area is 250 Å². The Morgan fingerprint density at radius 2 is 1.34 bits per heavy atom. The molecule has 5 aromatic heterocycles. The van der Waals surface area contributed by atoms with Crippen LogP contribution in [0.25, 0.3) is 76.9 Å². The zero-order chi connectivity index (χ0) is 28.8. The molecule has 10 aromatic rings. The van der Waals surface area contributed by atoms with Crippen molar-refractivity contribution in [1.29, 1.82) is 0 Å². The lowest BCUT2D eigenvalue weighted by atomic mass is 10.1. The van der Waals surface area contributed by atoms with Crippen LogP contribution in [0.2, 0.25) is 0 Å². The van der Waals surface area contributed by atoms with Gasteiger partial charge in [0.25, 0.3) is 0 Å². The van der Waals surface area contributed by atoms with Crippen LogP contribution in [0.1, 0.15) is 0 Å². The van der Waals surface area contributed by atoms with Crippen molar-refractivity contribution in [3.05, 3.63) is 134 Å². The molecule has 5 aromatic carbocycles. The largest absolute Gasteiger partial charge is 0.457 e. The van der Waals surface area contributed by atoms with Crippen LogP contribution in [0, 0.1) is 0 Å². The highest BCUT2D eigenvalue weighted by Gasteiger charge is 2.20. The molecule has 10 rings (SSSR count). The highest BCUT2D eigenvalue weighted by Crippen LogP contribution is 2.40. The van der Waals surface area contributed by atoms with E-state index in [0.717, 1.165) is 83.0 Å². The van der Waals surface area contributed by atoms with Gasteiger partial charge >= 0.3 is 0 Å². The molecule has 206 valence electrons. The van der Waals surface area contributed by atoms with Gasteiger partial charge in [-0.1, -0.05) is 60.7 Å². The lowest BCUT2D eigenvalue weighted by Gasteiger charge is -2.12. The summed E-state index contributed by atoms with van der Waals surface area (Å²) in [4.78, 5) is 9.61. The third-order valence-corrected chi connectivity index (χ3v) is 8.66. The number of ether oxygens (including phenoxy) is 1. The maximum atomic E-state index is 6.52. The molecular weight excluding hydrogens is 544 g/mol. The fourth-order valence-electron chi connectivity index (χ4n) is 6.83. The van der Waals surface area contributed by atoms with Gasteiger partial charge in [-0.2, -0.15) is 0 Å². The number of pyridine rings is 2. The summed E-state index contributed by atoms with van der Waals surface area (Å²) in [5.41, 5.74) is 6.61. The van der Waals surface area contributed by atoms with Crippen LogP contribution in [-0.4, -0.2) is 18.9 Å². The van der Waals surface area contributed by atoms with Crippen molar-refractivity contribution in [2.45, 2.75) is 0 Å². The highest BCUT2D eigenvalue weighted by atomic mass is 16.5. The van der Waals surface area contributed by atoms with Crippen LogP contribution >= 0.6 is 0 Å². The minimum absolute atomic E-state index is 0.739. The molecule has 0 saturated heterocycles. The smallest absolute Gasteiger partial charge is 0.154 e. The minimum Gasteiger partial charge on any atom is -0.457 e. The van der Waals surface area contributed by atoms with Crippen molar-refractivity contribution in [3.63, 3.8) is 0 Å². The van der Waals surface area contributed by atoms with Crippen molar-refractivity contribution in [2.24, 2.45) is 0 Å². The fraction of sp³-hybridized carbons (Fsp3) is 0. The number of nitrogens with zero attached hydrogens (tertiary/aromatic N) is 4. The topological polar surface area (TPSA) is 57.5 Å². The molecule has 44 heavy (non-hydrogen) atoms. The van der Waals surface area contributed by atoms with Crippen molar-refractivity contribution in [1.82, 2.24) is 18.9 Å². The fourth-order valence-corrected chi connectivity index (χ4v) is 6.83. The Kier molecular flexibility index (Phi) is 4.63. The zero-order valence-corrected chi connectivity index (χ0v) is 23.3. The summed E-state index contributed by atoms with van der Waals surface area (Å²) in [6.07, 6.45) is 5.69. The van der Waals surface area contributed by atoms with E-state index in [1.807, 2.05) is 48.9 Å². The van der Waals surface area contributed by atoms with Gasteiger partial charge in [-0.3, -0.25) is 8.97 Å². The van der Waals surface area contributed by atoms with E-state index >= 15 is 0 Å². The molecule has 6 nitrogen and oxygen atoms in total. The van der Waals surface area contributed by atoms with Crippen molar-refractivity contribution in [2.75, 3.05) is 0 Å². The predicted molar refractivity (Wildman–Crippen MR) is 176 cm³/mol. The molecule has 0 radical (unpaired) electrons. The van der Waals surface area contributed by atoms with Crippen LogP contribution in [0.3, 0.4) is 0 Å². The molecule has 0 aliphatic heterocycles. The summed E-state index contributed by atoms with van der Waals surface area (Å²) in [7, 11) is 0.